The molecule has 4 aromatic rings. The molecule has 1 atom stereocenters. The van der Waals surface area contributed by atoms with Crippen molar-refractivity contribution in [3.63, 3.8) is 0 Å². The standard InChI is InChI=1S/C25H19ClF3N5OS/c1-15-12-17(4-11-21(15)26)22-13-36-24(32-22)31-18-5-2-16(3-6-18)23-30-14-34(33-23)19-7-9-20(10-8-19)35-25(27,28)29/h2-12,14,22H,13H2,1H3,(H,31,32). The molecule has 1 N–H and O–H groups in total. The van der Waals surface area contributed by atoms with Crippen LogP contribution in [0.15, 0.2) is 78.0 Å². The first-order chi connectivity index (χ1) is 17.2. The third-order valence-electron chi connectivity index (χ3n) is 5.44. The Bertz CT molecular complexity index is 1400. The van der Waals surface area contributed by atoms with Crippen LogP contribution in [0.3, 0.4) is 0 Å². The van der Waals surface area contributed by atoms with Crippen molar-refractivity contribution in [2.45, 2.75) is 19.3 Å². The van der Waals surface area contributed by atoms with E-state index < -0.39 is 6.36 Å². The Morgan fingerprint density at radius 1 is 1.06 bits per heavy atom. The van der Waals surface area contributed by atoms with E-state index in [0.29, 0.717) is 11.5 Å². The molecule has 1 aliphatic heterocycles. The summed E-state index contributed by atoms with van der Waals surface area (Å²) >= 11 is 7.80. The lowest BCUT2D eigenvalue weighted by molar-refractivity contribution is -0.274. The first kappa shape index (κ1) is 24.2. The molecule has 0 spiro atoms. The van der Waals surface area contributed by atoms with Gasteiger partial charge in [-0.3, -0.25) is 4.99 Å². The number of aryl methyl sites for hydroxylation is 1. The van der Waals surface area contributed by atoms with Gasteiger partial charge in [-0.25, -0.2) is 9.67 Å². The maximum Gasteiger partial charge on any atom is 0.573 e. The van der Waals surface area contributed by atoms with E-state index in [1.54, 1.807) is 11.8 Å². The van der Waals surface area contributed by atoms with E-state index >= 15 is 0 Å². The molecule has 2 heterocycles. The van der Waals surface area contributed by atoms with Crippen LogP contribution < -0.4 is 10.1 Å². The average Bonchev–Trinajstić information content (AvgIpc) is 3.51. The second-order valence-corrected chi connectivity index (χ2v) is 9.44. The first-order valence-corrected chi connectivity index (χ1v) is 12.2. The van der Waals surface area contributed by atoms with E-state index in [4.69, 9.17) is 16.6 Å². The minimum atomic E-state index is -4.73. The Hall–Kier alpha value is -3.50. The monoisotopic (exact) mass is 529 g/mol. The van der Waals surface area contributed by atoms with Crippen molar-refractivity contribution in [3.05, 3.63) is 89.2 Å². The number of halogens is 4. The predicted octanol–water partition coefficient (Wildman–Crippen LogP) is 7.05. The minimum Gasteiger partial charge on any atom is -0.406 e. The van der Waals surface area contributed by atoms with Gasteiger partial charge in [0.15, 0.2) is 11.0 Å². The molecule has 1 aliphatic rings. The minimum absolute atomic E-state index is 0.0787. The number of alkyl halides is 3. The summed E-state index contributed by atoms with van der Waals surface area (Å²) in [5.41, 5.74) is 4.42. The Kier molecular flexibility index (Phi) is 6.63. The van der Waals surface area contributed by atoms with Crippen LogP contribution in [0.25, 0.3) is 17.1 Å². The van der Waals surface area contributed by atoms with Crippen molar-refractivity contribution in [1.82, 2.24) is 14.8 Å². The summed E-state index contributed by atoms with van der Waals surface area (Å²) in [5, 5.41) is 9.37. The maximum absolute atomic E-state index is 12.3. The normalized spacial score (nSPS) is 15.6. The molecule has 36 heavy (non-hydrogen) atoms. The number of anilines is 1. The molecule has 5 rings (SSSR count). The van der Waals surface area contributed by atoms with E-state index in [-0.39, 0.29) is 11.8 Å². The number of nitrogens with one attached hydrogen (secondary N) is 1. The summed E-state index contributed by atoms with van der Waals surface area (Å²) in [7, 11) is 0. The lowest BCUT2D eigenvalue weighted by Crippen LogP contribution is -2.17. The Morgan fingerprint density at radius 3 is 2.50 bits per heavy atom. The molecule has 1 aromatic heterocycles. The van der Waals surface area contributed by atoms with Crippen molar-refractivity contribution in [2.75, 3.05) is 11.1 Å². The molecular formula is C25H19ClF3N5OS. The van der Waals surface area contributed by atoms with Gasteiger partial charge in [0.2, 0.25) is 0 Å². The van der Waals surface area contributed by atoms with Crippen LogP contribution in [-0.4, -0.2) is 32.0 Å². The van der Waals surface area contributed by atoms with E-state index in [9.17, 15) is 13.2 Å². The van der Waals surface area contributed by atoms with Gasteiger partial charge in [-0.2, -0.15) is 0 Å². The fourth-order valence-electron chi connectivity index (χ4n) is 3.63. The lowest BCUT2D eigenvalue weighted by atomic mass is 10.1. The summed E-state index contributed by atoms with van der Waals surface area (Å²) in [4.78, 5) is 9.11. The van der Waals surface area contributed by atoms with Gasteiger partial charge >= 0.3 is 6.36 Å². The van der Waals surface area contributed by atoms with E-state index in [2.05, 4.69) is 26.2 Å². The van der Waals surface area contributed by atoms with Gasteiger partial charge in [0.1, 0.15) is 12.1 Å². The Labute approximate surface area is 214 Å². The van der Waals surface area contributed by atoms with Crippen molar-refractivity contribution in [1.29, 1.82) is 0 Å². The predicted molar refractivity (Wildman–Crippen MR) is 136 cm³/mol. The summed E-state index contributed by atoms with van der Waals surface area (Å²) in [6.45, 7) is 1.99. The molecule has 0 radical (unpaired) electrons. The molecule has 0 saturated heterocycles. The zero-order valence-corrected chi connectivity index (χ0v) is 20.4. The number of hydrogen-bond donors (Lipinski definition) is 1. The number of amidine groups is 1. The van der Waals surface area contributed by atoms with E-state index in [1.165, 1.54) is 35.3 Å². The van der Waals surface area contributed by atoms with Crippen LogP contribution in [0.2, 0.25) is 5.02 Å². The number of hydrogen-bond acceptors (Lipinski definition) is 6. The third kappa shape index (κ3) is 5.66. The lowest BCUT2D eigenvalue weighted by Gasteiger charge is -2.09. The highest BCUT2D eigenvalue weighted by Crippen LogP contribution is 2.33. The fourth-order valence-corrected chi connectivity index (χ4v) is 4.73. The van der Waals surface area contributed by atoms with Gasteiger partial charge in [-0.1, -0.05) is 35.5 Å². The number of benzene rings is 3. The number of aliphatic imine (C=N–C) groups is 1. The molecule has 1 unspecified atom stereocenters. The van der Waals surface area contributed by atoms with Gasteiger partial charge in [-0.05, 0) is 72.6 Å². The van der Waals surface area contributed by atoms with E-state index in [0.717, 1.165) is 38.3 Å². The number of ether oxygens (including phenoxy) is 1. The SMILES string of the molecule is Cc1cc(C2CSC(Nc3ccc(-c4ncn(-c5ccc(OC(F)(F)F)cc5)n4)cc3)=N2)ccc1Cl. The number of aromatic nitrogens is 3. The molecule has 3 aromatic carbocycles. The zero-order chi connectivity index (χ0) is 25.3. The third-order valence-corrected chi connectivity index (χ3v) is 6.83. The smallest absolute Gasteiger partial charge is 0.406 e. The van der Waals surface area contributed by atoms with Crippen molar-refractivity contribution < 1.29 is 17.9 Å². The summed E-state index contributed by atoms with van der Waals surface area (Å²) in [5.74, 6) is 1.05. The average molecular weight is 530 g/mol. The molecule has 0 amide bonds. The summed E-state index contributed by atoms with van der Waals surface area (Å²) in [6.07, 6.45) is -3.23. The number of nitrogens with zero attached hydrogens (tertiary/aromatic N) is 4. The van der Waals surface area contributed by atoms with Crippen LogP contribution in [0, 0.1) is 6.92 Å². The second-order valence-electron chi connectivity index (χ2n) is 8.03. The second kappa shape index (κ2) is 9.87. The van der Waals surface area contributed by atoms with Crippen LogP contribution in [0.4, 0.5) is 18.9 Å². The van der Waals surface area contributed by atoms with Gasteiger partial charge in [0.05, 0.1) is 11.7 Å². The fraction of sp³-hybridized carbons (Fsp3) is 0.160. The van der Waals surface area contributed by atoms with Crippen LogP contribution in [0.1, 0.15) is 17.2 Å². The summed E-state index contributed by atoms with van der Waals surface area (Å²) in [6, 6.07) is 19.1. The molecule has 0 fully saturated rings. The zero-order valence-electron chi connectivity index (χ0n) is 18.8. The Balaban J connectivity index is 1.24. The molecule has 0 bridgehead atoms. The largest absolute Gasteiger partial charge is 0.573 e. The molecule has 0 saturated carbocycles. The van der Waals surface area contributed by atoms with Crippen molar-refractivity contribution in [2.24, 2.45) is 4.99 Å². The van der Waals surface area contributed by atoms with Crippen LogP contribution >= 0.6 is 23.4 Å². The quantitative estimate of drug-likeness (QED) is 0.300. The molecule has 6 nitrogen and oxygen atoms in total. The van der Waals surface area contributed by atoms with Gasteiger partial charge in [-0.15, -0.1) is 18.3 Å². The Morgan fingerprint density at radius 2 is 1.81 bits per heavy atom. The topological polar surface area (TPSA) is 64.3 Å². The van der Waals surface area contributed by atoms with E-state index in [1.807, 2.05) is 43.3 Å². The first-order valence-electron chi connectivity index (χ1n) is 10.9. The maximum atomic E-state index is 12.3. The van der Waals surface area contributed by atoms with Crippen molar-refractivity contribution in [3.8, 4) is 22.8 Å². The highest BCUT2D eigenvalue weighted by molar-refractivity contribution is 8.14. The van der Waals surface area contributed by atoms with Gasteiger partial charge < -0.3 is 10.1 Å². The summed E-state index contributed by atoms with van der Waals surface area (Å²) < 4.78 is 42.4. The molecule has 0 aliphatic carbocycles. The highest BCUT2D eigenvalue weighted by atomic mass is 35.5. The highest BCUT2D eigenvalue weighted by Gasteiger charge is 2.31. The van der Waals surface area contributed by atoms with Gasteiger partial charge in [0.25, 0.3) is 0 Å². The van der Waals surface area contributed by atoms with Gasteiger partial charge in [0, 0.05) is 22.0 Å². The van der Waals surface area contributed by atoms with Crippen molar-refractivity contribution >= 4 is 34.2 Å². The van der Waals surface area contributed by atoms with Crippen LogP contribution in [0.5, 0.6) is 5.75 Å². The van der Waals surface area contributed by atoms with Crippen LogP contribution in [-0.2, 0) is 0 Å². The number of thioether (sulfide) groups is 1. The molecular weight excluding hydrogens is 511 g/mol. The molecule has 184 valence electrons. The number of rotatable bonds is 5. The molecule has 11 heteroatoms.